The fourth-order valence-electron chi connectivity index (χ4n) is 1.26. The highest BCUT2D eigenvalue weighted by Crippen LogP contribution is 2.36. The Kier molecular flexibility index (Phi) is 4.91. The predicted molar refractivity (Wildman–Crippen MR) is 68.0 cm³/mol. The van der Waals surface area contributed by atoms with Gasteiger partial charge in [-0.15, -0.1) is 11.3 Å². The first-order valence-corrected chi connectivity index (χ1v) is 6.73. The van der Waals surface area contributed by atoms with Crippen molar-refractivity contribution < 1.29 is 0 Å². The van der Waals surface area contributed by atoms with Crippen molar-refractivity contribution in [1.82, 2.24) is 0 Å². The molecule has 1 heterocycles. The SMILES string of the molecule is CCC(C)CC(N)c1cc(Br)c(Cl)s1. The van der Waals surface area contributed by atoms with Crippen LogP contribution < -0.4 is 5.73 Å². The molecule has 0 aliphatic rings. The highest BCUT2D eigenvalue weighted by molar-refractivity contribution is 9.10. The maximum atomic E-state index is 6.08. The molecule has 0 aliphatic carbocycles. The molecule has 0 amide bonds. The predicted octanol–water partition coefficient (Wildman–Crippen LogP) is 4.60. The Bertz CT molecular complexity index is 281. The average molecular weight is 297 g/mol. The second-order valence-corrected chi connectivity index (χ2v) is 6.17. The standard InChI is InChI=1S/C10H15BrClNS/c1-3-6(2)4-8(13)9-5-7(11)10(12)14-9/h5-6,8H,3-4,13H2,1-2H3. The average Bonchev–Trinajstić information content (AvgIpc) is 2.47. The summed E-state index contributed by atoms with van der Waals surface area (Å²) in [6, 6.07) is 2.15. The molecule has 0 radical (unpaired) electrons. The monoisotopic (exact) mass is 295 g/mol. The van der Waals surface area contributed by atoms with E-state index in [4.69, 9.17) is 17.3 Å². The Balaban J connectivity index is 2.64. The van der Waals surface area contributed by atoms with Gasteiger partial charge in [0.25, 0.3) is 0 Å². The van der Waals surface area contributed by atoms with Crippen LogP contribution in [0.4, 0.5) is 0 Å². The smallest absolute Gasteiger partial charge is 0.107 e. The molecule has 80 valence electrons. The lowest BCUT2D eigenvalue weighted by Gasteiger charge is -2.13. The first kappa shape index (κ1) is 12.5. The number of thiophene rings is 1. The van der Waals surface area contributed by atoms with Gasteiger partial charge in [-0.2, -0.15) is 0 Å². The van der Waals surface area contributed by atoms with Crippen molar-refractivity contribution in [2.24, 2.45) is 11.7 Å². The van der Waals surface area contributed by atoms with E-state index >= 15 is 0 Å². The molecular formula is C10H15BrClNS. The van der Waals surface area contributed by atoms with E-state index in [0.29, 0.717) is 5.92 Å². The minimum Gasteiger partial charge on any atom is -0.323 e. The lowest BCUT2D eigenvalue weighted by Crippen LogP contribution is -2.12. The zero-order valence-electron chi connectivity index (χ0n) is 8.39. The van der Waals surface area contributed by atoms with Crippen molar-refractivity contribution in [3.05, 3.63) is 19.8 Å². The Morgan fingerprint density at radius 1 is 1.64 bits per heavy atom. The van der Waals surface area contributed by atoms with Gasteiger partial charge in [-0.25, -0.2) is 0 Å². The maximum absolute atomic E-state index is 6.08. The first-order chi connectivity index (χ1) is 6.54. The summed E-state index contributed by atoms with van der Waals surface area (Å²) in [5.41, 5.74) is 6.08. The fourth-order valence-corrected chi connectivity index (χ4v) is 3.01. The van der Waals surface area contributed by atoms with E-state index in [0.717, 1.165) is 15.2 Å². The fraction of sp³-hybridized carbons (Fsp3) is 0.600. The number of rotatable bonds is 4. The molecule has 2 atom stereocenters. The van der Waals surface area contributed by atoms with Gasteiger partial charge >= 0.3 is 0 Å². The van der Waals surface area contributed by atoms with E-state index in [-0.39, 0.29) is 6.04 Å². The molecule has 4 heteroatoms. The van der Waals surface area contributed by atoms with Crippen molar-refractivity contribution in [1.29, 1.82) is 0 Å². The van der Waals surface area contributed by atoms with Gasteiger partial charge in [-0.05, 0) is 34.3 Å². The summed E-state index contributed by atoms with van der Waals surface area (Å²) in [7, 11) is 0. The molecule has 1 aromatic heterocycles. The second-order valence-electron chi connectivity index (χ2n) is 3.63. The molecule has 0 aromatic carbocycles. The van der Waals surface area contributed by atoms with Crippen molar-refractivity contribution in [2.75, 3.05) is 0 Å². The molecule has 1 nitrogen and oxygen atoms in total. The summed E-state index contributed by atoms with van der Waals surface area (Å²) in [6.07, 6.45) is 2.20. The number of halogens is 2. The van der Waals surface area contributed by atoms with Crippen molar-refractivity contribution in [2.45, 2.75) is 32.7 Å². The van der Waals surface area contributed by atoms with Crippen LogP contribution in [0.2, 0.25) is 4.34 Å². The molecule has 2 N–H and O–H groups in total. The molecule has 0 aliphatic heterocycles. The zero-order valence-corrected chi connectivity index (χ0v) is 11.5. The summed E-state index contributed by atoms with van der Waals surface area (Å²) in [5.74, 6) is 0.671. The molecule has 14 heavy (non-hydrogen) atoms. The summed E-state index contributed by atoms with van der Waals surface area (Å²) in [4.78, 5) is 1.17. The number of hydrogen-bond acceptors (Lipinski definition) is 2. The molecule has 0 fully saturated rings. The third-order valence-electron chi connectivity index (χ3n) is 2.38. The second kappa shape index (κ2) is 5.50. The first-order valence-electron chi connectivity index (χ1n) is 4.74. The minimum atomic E-state index is 0.124. The lowest BCUT2D eigenvalue weighted by molar-refractivity contribution is 0.465. The minimum absolute atomic E-state index is 0.124. The van der Waals surface area contributed by atoms with Crippen LogP contribution in [0.25, 0.3) is 0 Å². The van der Waals surface area contributed by atoms with Crippen LogP contribution in [0, 0.1) is 5.92 Å². The van der Waals surface area contributed by atoms with Gasteiger partial charge in [-0.1, -0.05) is 31.9 Å². The molecule has 1 aromatic rings. The Hall–Kier alpha value is 0.430. The van der Waals surface area contributed by atoms with E-state index in [1.807, 2.05) is 6.07 Å². The molecular weight excluding hydrogens is 282 g/mol. The van der Waals surface area contributed by atoms with Gasteiger partial charge in [0.2, 0.25) is 0 Å². The molecule has 0 saturated heterocycles. The van der Waals surface area contributed by atoms with E-state index < -0.39 is 0 Å². The quantitative estimate of drug-likeness (QED) is 0.863. The van der Waals surface area contributed by atoms with Crippen molar-refractivity contribution >= 4 is 38.9 Å². The normalized spacial score (nSPS) is 15.5. The van der Waals surface area contributed by atoms with Crippen LogP contribution in [0.5, 0.6) is 0 Å². The summed E-state index contributed by atoms with van der Waals surface area (Å²) in [6.45, 7) is 4.42. The zero-order chi connectivity index (χ0) is 10.7. The van der Waals surface area contributed by atoms with E-state index in [1.54, 1.807) is 11.3 Å². The highest BCUT2D eigenvalue weighted by Gasteiger charge is 2.14. The van der Waals surface area contributed by atoms with E-state index in [9.17, 15) is 0 Å². The number of hydrogen-bond donors (Lipinski definition) is 1. The Labute approximate surface area is 103 Å². The van der Waals surface area contributed by atoms with Gasteiger partial charge in [0.1, 0.15) is 4.34 Å². The van der Waals surface area contributed by atoms with Crippen LogP contribution >= 0.6 is 38.9 Å². The summed E-state index contributed by atoms with van der Waals surface area (Å²) >= 11 is 10.9. The maximum Gasteiger partial charge on any atom is 0.107 e. The van der Waals surface area contributed by atoms with E-state index in [2.05, 4.69) is 29.8 Å². The topological polar surface area (TPSA) is 26.0 Å². The molecule has 2 unspecified atom stereocenters. The van der Waals surface area contributed by atoms with Crippen LogP contribution in [-0.4, -0.2) is 0 Å². The van der Waals surface area contributed by atoms with Gasteiger partial charge < -0.3 is 5.73 Å². The molecule has 1 rings (SSSR count). The summed E-state index contributed by atoms with van der Waals surface area (Å²) < 4.78 is 1.75. The largest absolute Gasteiger partial charge is 0.323 e. The lowest BCUT2D eigenvalue weighted by atomic mass is 9.99. The highest BCUT2D eigenvalue weighted by atomic mass is 79.9. The van der Waals surface area contributed by atoms with Crippen molar-refractivity contribution in [3.63, 3.8) is 0 Å². The third kappa shape index (κ3) is 3.23. The van der Waals surface area contributed by atoms with Crippen LogP contribution in [0.15, 0.2) is 10.5 Å². The van der Waals surface area contributed by atoms with Gasteiger partial charge in [0.05, 0.1) is 0 Å². The molecule has 0 bridgehead atoms. The van der Waals surface area contributed by atoms with Gasteiger partial charge in [-0.3, -0.25) is 0 Å². The van der Waals surface area contributed by atoms with E-state index in [1.165, 1.54) is 11.3 Å². The van der Waals surface area contributed by atoms with Crippen LogP contribution in [0.1, 0.15) is 37.6 Å². The van der Waals surface area contributed by atoms with Crippen LogP contribution in [0.3, 0.4) is 0 Å². The van der Waals surface area contributed by atoms with Crippen LogP contribution in [-0.2, 0) is 0 Å². The number of nitrogens with two attached hydrogens (primary N) is 1. The van der Waals surface area contributed by atoms with Gasteiger partial charge in [0.15, 0.2) is 0 Å². The Morgan fingerprint density at radius 2 is 2.29 bits per heavy atom. The Morgan fingerprint density at radius 3 is 2.71 bits per heavy atom. The molecule has 0 spiro atoms. The molecule has 0 saturated carbocycles. The third-order valence-corrected chi connectivity index (χ3v) is 4.99. The van der Waals surface area contributed by atoms with Gasteiger partial charge in [0, 0.05) is 15.4 Å². The summed E-state index contributed by atoms with van der Waals surface area (Å²) in [5, 5.41) is 0. The van der Waals surface area contributed by atoms with Crippen molar-refractivity contribution in [3.8, 4) is 0 Å².